The molecule has 0 amide bonds. The smallest absolute Gasteiger partial charge is 0.119 e. The highest BCUT2D eigenvalue weighted by Crippen LogP contribution is 2.22. The van der Waals surface area contributed by atoms with Crippen molar-refractivity contribution in [3.05, 3.63) is 66.7 Å². The molecule has 0 saturated heterocycles. The summed E-state index contributed by atoms with van der Waals surface area (Å²) >= 11 is 0. The molecule has 0 unspecified atom stereocenters. The van der Waals surface area contributed by atoms with E-state index in [1.54, 1.807) is 0 Å². The number of rotatable bonds is 7. The number of aliphatic hydroxyl groups excluding tert-OH is 1. The normalized spacial score (nSPS) is 10.2. The molecule has 0 aliphatic rings. The SMILES string of the molecule is C=C(CCCO)COc1ccc(-c2ccccc2)cc1. The van der Waals surface area contributed by atoms with Crippen LogP contribution in [0, 0.1) is 0 Å². The molecule has 0 heterocycles. The molecule has 104 valence electrons. The lowest BCUT2D eigenvalue weighted by molar-refractivity contribution is 0.283. The van der Waals surface area contributed by atoms with Gasteiger partial charge in [0.2, 0.25) is 0 Å². The highest BCUT2D eigenvalue weighted by molar-refractivity contribution is 5.63. The molecule has 1 N–H and O–H groups in total. The summed E-state index contributed by atoms with van der Waals surface area (Å²) in [5, 5.41) is 8.76. The van der Waals surface area contributed by atoms with Crippen LogP contribution in [-0.2, 0) is 0 Å². The molecule has 20 heavy (non-hydrogen) atoms. The molecule has 0 aliphatic carbocycles. The number of hydrogen-bond acceptors (Lipinski definition) is 2. The Labute approximate surface area is 120 Å². The molecule has 0 atom stereocenters. The quantitative estimate of drug-likeness (QED) is 0.767. The maximum Gasteiger partial charge on any atom is 0.119 e. The number of benzene rings is 2. The van der Waals surface area contributed by atoms with Crippen LogP contribution in [0.2, 0.25) is 0 Å². The third kappa shape index (κ3) is 4.25. The lowest BCUT2D eigenvalue weighted by Crippen LogP contribution is -2.01. The Morgan fingerprint density at radius 2 is 1.60 bits per heavy atom. The zero-order valence-electron chi connectivity index (χ0n) is 11.6. The molecule has 0 saturated carbocycles. The molecule has 0 radical (unpaired) electrons. The van der Waals surface area contributed by atoms with Crippen LogP contribution in [0.4, 0.5) is 0 Å². The van der Waals surface area contributed by atoms with Gasteiger partial charge in [-0.2, -0.15) is 0 Å². The second-order valence-electron chi connectivity index (χ2n) is 4.76. The van der Waals surface area contributed by atoms with E-state index < -0.39 is 0 Å². The molecule has 0 aliphatic heterocycles. The predicted molar refractivity (Wildman–Crippen MR) is 82.8 cm³/mol. The fourth-order valence-electron chi connectivity index (χ4n) is 1.96. The van der Waals surface area contributed by atoms with Crippen LogP contribution in [0.1, 0.15) is 12.8 Å². The van der Waals surface area contributed by atoms with E-state index >= 15 is 0 Å². The third-order valence-electron chi connectivity index (χ3n) is 3.09. The maximum atomic E-state index is 8.76. The van der Waals surface area contributed by atoms with Crippen LogP contribution in [-0.4, -0.2) is 18.3 Å². The lowest BCUT2D eigenvalue weighted by atomic mass is 10.1. The minimum Gasteiger partial charge on any atom is -0.489 e. The van der Waals surface area contributed by atoms with Gasteiger partial charge in [0.25, 0.3) is 0 Å². The van der Waals surface area contributed by atoms with Gasteiger partial charge in [0, 0.05) is 6.61 Å². The van der Waals surface area contributed by atoms with Crippen molar-refractivity contribution >= 4 is 0 Å². The summed E-state index contributed by atoms with van der Waals surface area (Å²) in [6.45, 7) is 4.64. The highest BCUT2D eigenvalue weighted by atomic mass is 16.5. The molecule has 0 aromatic heterocycles. The van der Waals surface area contributed by atoms with Gasteiger partial charge in [-0.1, -0.05) is 49.0 Å². The van der Waals surface area contributed by atoms with Crippen molar-refractivity contribution in [2.24, 2.45) is 0 Å². The largest absolute Gasteiger partial charge is 0.489 e. The van der Waals surface area contributed by atoms with Crippen molar-refractivity contribution in [2.45, 2.75) is 12.8 Å². The Morgan fingerprint density at radius 3 is 2.25 bits per heavy atom. The topological polar surface area (TPSA) is 29.5 Å². The fraction of sp³-hybridized carbons (Fsp3) is 0.222. The Bertz CT molecular complexity index is 529. The van der Waals surface area contributed by atoms with Gasteiger partial charge in [-0.3, -0.25) is 0 Å². The van der Waals surface area contributed by atoms with Crippen LogP contribution in [0.3, 0.4) is 0 Å². The van der Waals surface area contributed by atoms with Crippen LogP contribution >= 0.6 is 0 Å². The molecule has 0 bridgehead atoms. The van der Waals surface area contributed by atoms with E-state index in [0.717, 1.165) is 24.2 Å². The second kappa shape index (κ2) is 7.51. The standard InChI is InChI=1S/C18H20O2/c1-15(6-5-13-19)14-20-18-11-9-17(10-12-18)16-7-3-2-4-8-16/h2-4,7-12,19H,1,5-6,13-14H2. The van der Waals surface area contributed by atoms with E-state index in [0.29, 0.717) is 6.61 Å². The number of ether oxygens (including phenoxy) is 1. The molecule has 2 nitrogen and oxygen atoms in total. The second-order valence-corrected chi connectivity index (χ2v) is 4.76. The molecule has 2 aromatic carbocycles. The number of hydrogen-bond donors (Lipinski definition) is 1. The van der Waals surface area contributed by atoms with Crippen molar-refractivity contribution in [1.82, 2.24) is 0 Å². The Balaban J connectivity index is 1.90. The van der Waals surface area contributed by atoms with Crippen molar-refractivity contribution in [3.8, 4) is 16.9 Å². The molecular weight excluding hydrogens is 248 g/mol. The average molecular weight is 268 g/mol. The zero-order valence-corrected chi connectivity index (χ0v) is 11.6. The molecule has 2 heteroatoms. The van der Waals surface area contributed by atoms with Gasteiger partial charge in [-0.25, -0.2) is 0 Å². The monoisotopic (exact) mass is 268 g/mol. The highest BCUT2D eigenvalue weighted by Gasteiger charge is 1.99. The van der Waals surface area contributed by atoms with E-state index in [-0.39, 0.29) is 6.61 Å². The number of aliphatic hydroxyl groups is 1. The summed E-state index contributed by atoms with van der Waals surface area (Å²) in [7, 11) is 0. The van der Waals surface area contributed by atoms with E-state index in [1.807, 2.05) is 30.3 Å². The first-order valence-electron chi connectivity index (χ1n) is 6.85. The van der Waals surface area contributed by atoms with Crippen molar-refractivity contribution in [3.63, 3.8) is 0 Å². The minimum absolute atomic E-state index is 0.199. The van der Waals surface area contributed by atoms with Gasteiger partial charge in [0.15, 0.2) is 0 Å². The van der Waals surface area contributed by atoms with Crippen molar-refractivity contribution < 1.29 is 9.84 Å². The first-order chi connectivity index (χ1) is 9.79. The molecule has 2 rings (SSSR count). The van der Waals surface area contributed by atoms with Gasteiger partial charge in [0.1, 0.15) is 12.4 Å². The predicted octanol–water partition coefficient (Wildman–Crippen LogP) is 4.06. The van der Waals surface area contributed by atoms with Crippen LogP contribution < -0.4 is 4.74 Å². The van der Waals surface area contributed by atoms with Crippen LogP contribution in [0.15, 0.2) is 66.7 Å². The van der Waals surface area contributed by atoms with E-state index in [2.05, 4.69) is 30.8 Å². The van der Waals surface area contributed by atoms with Gasteiger partial charge >= 0.3 is 0 Å². The zero-order chi connectivity index (χ0) is 14.2. The Hall–Kier alpha value is -2.06. The van der Waals surface area contributed by atoms with Gasteiger partial charge in [-0.15, -0.1) is 0 Å². The summed E-state index contributed by atoms with van der Waals surface area (Å²) in [4.78, 5) is 0. The summed E-state index contributed by atoms with van der Waals surface area (Å²) in [6, 6.07) is 18.3. The molecule has 0 fully saturated rings. The van der Waals surface area contributed by atoms with E-state index in [9.17, 15) is 0 Å². The van der Waals surface area contributed by atoms with Gasteiger partial charge < -0.3 is 9.84 Å². The van der Waals surface area contributed by atoms with Gasteiger partial charge in [0.05, 0.1) is 0 Å². The first kappa shape index (κ1) is 14.4. The summed E-state index contributed by atoms with van der Waals surface area (Å²) in [5.41, 5.74) is 3.38. The molecular formula is C18H20O2. The summed E-state index contributed by atoms with van der Waals surface area (Å²) in [5.74, 6) is 0.842. The summed E-state index contributed by atoms with van der Waals surface area (Å²) in [6.07, 6.45) is 1.55. The van der Waals surface area contributed by atoms with Crippen LogP contribution in [0.25, 0.3) is 11.1 Å². The van der Waals surface area contributed by atoms with E-state index in [4.69, 9.17) is 9.84 Å². The fourth-order valence-corrected chi connectivity index (χ4v) is 1.96. The molecule has 0 spiro atoms. The van der Waals surface area contributed by atoms with Crippen LogP contribution in [0.5, 0.6) is 5.75 Å². The molecule has 2 aromatic rings. The van der Waals surface area contributed by atoms with Crippen molar-refractivity contribution in [2.75, 3.05) is 13.2 Å². The summed E-state index contributed by atoms with van der Waals surface area (Å²) < 4.78 is 5.67. The lowest BCUT2D eigenvalue weighted by Gasteiger charge is -2.09. The maximum absolute atomic E-state index is 8.76. The van der Waals surface area contributed by atoms with E-state index in [1.165, 1.54) is 11.1 Å². The minimum atomic E-state index is 0.199. The average Bonchev–Trinajstić information content (AvgIpc) is 2.52. The third-order valence-corrected chi connectivity index (χ3v) is 3.09. The van der Waals surface area contributed by atoms with Gasteiger partial charge in [-0.05, 0) is 41.7 Å². The Kier molecular flexibility index (Phi) is 5.39. The van der Waals surface area contributed by atoms with Crippen molar-refractivity contribution in [1.29, 1.82) is 0 Å². The first-order valence-corrected chi connectivity index (χ1v) is 6.85. The Morgan fingerprint density at radius 1 is 0.950 bits per heavy atom.